The molecule has 1 saturated heterocycles. The van der Waals surface area contributed by atoms with Gasteiger partial charge in [0.05, 0.1) is 0 Å². The Hall–Kier alpha value is -0.380. The predicted molar refractivity (Wildman–Crippen MR) is 92.7 cm³/mol. The van der Waals surface area contributed by atoms with Crippen molar-refractivity contribution in [3.05, 3.63) is 33.8 Å². The SMILES string of the molecule is CC1CCN(CCCNC2CCc3c(Br)cccc32)CC1. The number of likely N-dealkylation sites (tertiary alicyclic amines) is 1. The van der Waals surface area contributed by atoms with Gasteiger partial charge in [0.25, 0.3) is 0 Å². The van der Waals surface area contributed by atoms with Crippen LogP contribution in [0.25, 0.3) is 0 Å². The zero-order valence-corrected chi connectivity index (χ0v) is 14.7. The molecule has 0 bridgehead atoms. The minimum absolute atomic E-state index is 0.568. The normalized spacial score (nSPS) is 23.4. The molecule has 3 rings (SSSR count). The van der Waals surface area contributed by atoms with Crippen LogP contribution in [0.3, 0.4) is 0 Å². The molecular formula is C18H27BrN2. The summed E-state index contributed by atoms with van der Waals surface area (Å²) >= 11 is 3.68. The van der Waals surface area contributed by atoms with Gasteiger partial charge in [0.15, 0.2) is 0 Å². The molecule has 0 radical (unpaired) electrons. The first-order valence-electron chi connectivity index (χ1n) is 8.47. The lowest BCUT2D eigenvalue weighted by Crippen LogP contribution is -2.35. The summed E-state index contributed by atoms with van der Waals surface area (Å²) in [5.41, 5.74) is 3.02. The van der Waals surface area contributed by atoms with E-state index in [9.17, 15) is 0 Å². The second kappa shape index (κ2) is 7.26. The maximum atomic E-state index is 3.77. The van der Waals surface area contributed by atoms with Gasteiger partial charge in [0, 0.05) is 10.5 Å². The van der Waals surface area contributed by atoms with Crippen LogP contribution in [-0.4, -0.2) is 31.1 Å². The molecular weight excluding hydrogens is 324 g/mol. The van der Waals surface area contributed by atoms with E-state index in [1.807, 2.05) is 0 Å². The van der Waals surface area contributed by atoms with Crippen LogP contribution in [0.4, 0.5) is 0 Å². The lowest BCUT2D eigenvalue weighted by Gasteiger charge is -2.30. The van der Waals surface area contributed by atoms with E-state index in [1.54, 1.807) is 0 Å². The summed E-state index contributed by atoms with van der Waals surface area (Å²) in [7, 11) is 0. The number of benzene rings is 1. The van der Waals surface area contributed by atoms with Gasteiger partial charge in [-0.1, -0.05) is 35.0 Å². The number of nitrogens with zero attached hydrogens (tertiary/aromatic N) is 1. The van der Waals surface area contributed by atoms with E-state index < -0.39 is 0 Å². The molecule has 0 aromatic heterocycles. The minimum Gasteiger partial charge on any atom is -0.310 e. The van der Waals surface area contributed by atoms with Gasteiger partial charge in [0.2, 0.25) is 0 Å². The van der Waals surface area contributed by atoms with Crippen LogP contribution in [0.2, 0.25) is 0 Å². The topological polar surface area (TPSA) is 15.3 Å². The third kappa shape index (κ3) is 3.88. The van der Waals surface area contributed by atoms with Crippen molar-refractivity contribution < 1.29 is 0 Å². The molecule has 1 N–H and O–H groups in total. The molecule has 0 amide bonds. The fourth-order valence-electron chi connectivity index (χ4n) is 3.69. The highest BCUT2D eigenvalue weighted by atomic mass is 79.9. The van der Waals surface area contributed by atoms with Crippen LogP contribution in [-0.2, 0) is 6.42 Å². The molecule has 1 aromatic carbocycles. The number of fused-ring (bicyclic) bond motifs is 1. The Labute approximate surface area is 137 Å². The maximum absolute atomic E-state index is 3.77. The number of rotatable bonds is 5. The average molecular weight is 351 g/mol. The second-order valence-corrected chi connectivity index (χ2v) is 7.59. The van der Waals surface area contributed by atoms with Crippen molar-refractivity contribution in [1.82, 2.24) is 10.2 Å². The zero-order chi connectivity index (χ0) is 14.7. The van der Waals surface area contributed by atoms with Gasteiger partial charge in [-0.2, -0.15) is 0 Å². The summed E-state index contributed by atoms with van der Waals surface area (Å²) in [5.74, 6) is 0.938. The molecule has 1 aromatic rings. The van der Waals surface area contributed by atoms with Crippen LogP contribution >= 0.6 is 15.9 Å². The number of piperidine rings is 1. The van der Waals surface area contributed by atoms with Gasteiger partial charge in [-0.15, -0.1) is 0 Å². The first kappa shape index (κ1) is 15.5. The molecule has 1 fully saturated rings. The van der Waals surface area contributed by atoms with Gasteiger partial charge in [-0.05, 0) is 81.4 Å². The maximum Gasteiger partial charge on any atom is 0.0326 e. The third-order valence-corrected chi connectivity index (χ3v) is 5.87. The fraction of sp³-hybridized carbons (Fsp3) is 0.667. The largest absolute Gasteiger partial charge is 0.310 e. The molecule has 3 heteroatoms. The van der Waals surface area contributed by atoms with Crippen LogP contribution in [0.15, 0.2) is 22.7 Å². The molecule has 0 spiro atoms. The van der Waals surface area contributed by atoms with E-state index in [0.717, 1.165) is 12.5 Å². The van der Waals surface area contributed by atoms with Crippen molar-refractivity contribution in [1.29, 1.82) is 0 Å². The number of nitrogens with one attached hydrogen (secondary N) is 1. The quantitative estimate of drug-likeness (QED) is 0.802. The van der Waals surface area contributed by atoms with E-state index in [0.29, 0.717) is 6.04 Å². The summed E-state index contributed by atoms with van der Waals surface area (Å²) in [6.45, 7) is 7.40. The Morgan fingerprint density at radius 3 is 2.86 bits per heavy atom. The summed E-state index contributed by atoms with van der Waals surface area (Å²) in [4.78, 5) is 2.64. The summed E-state index contributed by atoms with van der Waals surface area (Å²) in [6.07, 6.45) is 6.50. The van der Waals surface area contributed by atoms with Crippen molar-refractivity contribution in [2.45, 2.75) is 45.1 Å². The first-order chi connectivity index (χ1) is 10.2. The summed E-state index contributed by atoms with van der Waals surface area (Å²) in [6, 6.07) is 7.19. The zero-order valence-electron chi connectivity index (χ0n) is 13.1. The van der Waals surface area contributed by atoms with Crippen LogP contribution < -0.4 is 5.32 Å². The molecule has 1 aliphatic carbocycles. The van der Waals surface area contributed by atoms with Gasteiger partial charge < -0.3 is 10.2 Å². The van der Waals surface area contributed by atoms with Gasteiger partial charge in [0.1, 0.15) is 0 Å². The van der Waals surface area contributed by atoms with Gasteiger partial charge in [-0.3, -0.25) is 0 Å². The van der Waals surface area contributed by atoms with Gasteiger partial charge in [-0.25, -0.2) is 0 Å². The molecule has 1 heterocycles. The van der Waals surface area contributed by atoms with Crippen LogP contribution in [0.1, 0.15) is 49.8 Å². The lowest BCUT2D eigenvalue weighted by atomic mass is 9.99. The molecule has 21 heavy (non-hydrogen) atoms. The molecule has 0 saturated carbocycles. The van der Waals surface area contributed by atoms with Crippen molar-refractivity contribution in [2.75, 3.05) is 26.2 Å². The Kier molecular flexibility index (Phi) is 5.36. The number of hydrogen-bond acceptors (Lipinski definition) is 2. The van der Waals surface area contributed by atoms with E-state index in [4.69, 9.17) is 0 Å². The van der Waals surface area contributed by atoms with E-state index >= 15 is 0 Å². The lowest BCUT2D eigenvalue weighted by molar-refractivity contribution is 0.190. The van der Waals surface area contributed by atoms with Crippen LogP contribution in [0.5, 0.6) is 0 Å². The molecule has 1 aliphatic heterocycles. The molecule has 2 aliphatic rings. The number of hydrogen-bond donors (Lipinski definition) is 1. The fourth-order valence-corrected chi connectivity index (χ4v) is 4.27. The highest BCUT2D eigenvalue weighted by molar-refractivity contribution is 9.10. The minimum atomic E-state index is 0.568. The van der Waals surface area contributed by atoms with Crippen molar-refractivity contribution in [3.8, 4) is 0 Å². The third-order valence-electron chi connectivity index (χ3n) is 5.13. The predicted octanol–water partition coefficient (Wildman–Crippen LogP) is 4.15. The van der Waals surface area contributed by atoms with E-state index in [-0.39, 0.29) is 0 Å². The molecule has 116 valence electrons. The monoisotopic (exact) mass is 350 g/mol. The first-order valence-corrected chi connectivity index (χ1v) is 9.26. The summed E-state index contributed by atoms with van der Waals surface area (Å²) < 4.78 is 1.28. The Morgan fingerprint density at radius 1 is 1.24 bits per heavy atom. The summed E-state index contributed by atoms with van der Waals surface area (Å²) in [5, 5.41) is 3.77. The average Bonchev–Trinajstić information content (AvgIpc) is 2.90. The smallest absolute Gasteiger partial charge is 0.0326 e. The Balaban J connectivity index is 1.40. The standard InChI is InChI=1S/C18H27BrN2/c1-14-8-12-21(13-9-14)11-3-10-20-18-7-6-15-16(18)4-2-5-17(15)19/h2,4-5,14,18,20H,3,6-13H2,1H3. The Bertz CT molecular complexity index is 466. The highest BCUT2D eigenvalue weighted by Gasteiger charge is 2.23. The van der Waals surface area contributed by atoms with Crippen LogP contribution in [0, 0.1) is 5.92 Å². The highest BCUT2D eigenvalue weighted by Crippen LogP contribution is 2.35. The van der Waals surface area contributed by atoms with E-state index in [1.165, 1.54) is 67.3 Å². The molecule has 1 atom stereocenters. The van der Waals surface area contributed by atoms with Crippen molar-refractivity contribution >= 4 is 15.9 Å². The Morgan fingerprint density at radius 2 is 2.05 bits per heavy atom. The molecule has 1 unspecified atom stereocenters. The number of halogens is 1. The van der Waals surface area contributed by atoms with Crippen molar-refractivity contribution in [2.24, 2.45) is 5.92 Å². The van der Waals surface area contributed by atoms with E-state index in [2.05, 4.69) is 51.3 Å². The van der Waals surface area contributed by atoms with Crippen molar-refractivity contribution in [3.63, 3.8) is 0 Å². The van der Waals surface area contributed by atoms with Gasteiger partial charge >= 0.3 is 0 Å². The molecule has 2 nitrogen and oxygen atoms in total. The second-order valence-electron chi connectivity index (χ2n) is 6.73.